The van der Waals surface area contributed by atoms with Crippen LogP contribution in [0.4, 0.5) is 11.4 Å². The van der Waals surface area contributed by atoms with Crippen LogP contribution < -0.4 is 10.6 Å². The zero-order chi connectivity index (χ0) is 17.9. The van der Waals surface area contributed by atoms with Crippen LogP contribution in [-0.4, -0.2) is 38.2 Å². The molecule has 0 aliphatic heterocycles. The molecule has 132 valence electrons. The molecule has 0 unspecified atom stereocenters. The zero-order valence-corrected chi connectivity index (χ0v) is 14.4. The predicted molar refractivity (Wildman–Crippen MR) is 95.1 cm³/mol. The second-order valence-electron chi connectivity index (χ2n) is 5.17. The molecule has 6 nitrogen and oxygen atoms in total. The van der Waals surface area contributed by atoms with Crippen molar-refractivity contribution in [3.63, 3.8) is 0 Å². The Labute approximate surface area is 143 Å². The lowest BCUT2D eigenvalue weighted by Gasteiger charge is -2.24. The highest BCUT2D eigenvalue weighted by Crippen LogP contribution is 2.25. The SMILES string of the molecule is C=CCCN(C(=O)COCCC)c1cc(N)ccc1C(=O)OCC. The van der Waals surface area contributed by atoms with E-state index < -0.39 is 5.97 Å². The van der Waals surface area contributed by atoms with Gasteiger partial charge in [-0.05, 0) is 38.0 Å². The molecule has 0 aliphatic carbocycles. The molecular formula is C18H26N2O4. The molecule has 6 heteroatoms. The van der Waals surface area contributed by atoms with E-state index in [1.807, 2.05) is 6.92 Å². The van der Waals surface area contributed by atoms with Gasteiger partial charge in [-0.2, -0.15) is 0 Å². The molecule has 0 saturated heterocycles. The molecule has 0 radical (unpaired) electrons. The number of nitrogens with two attached hydrogens (primary N) is 1. The molecule has 2 N–H and O–H groups in total. The van der Waals surface area contributed by atoms with Crippen LogP contribution in [0.3, 0.4) is 0 Å². The Kier molecular flexibility index (Phi) is 8.57. The Morgan fingerprint density at radius 1 is 1.33 bits per heavy atom. The number of amides is 1. The van der Waals surface area contributed by atoms with Crippen molar-refractivity contribution in [2.45, 2.75) is 26.7 Å². The topological polar surface area (TPSA) is 81.9 Å². The second-order valence-corrected chi connectivity index (χ2v) is 5.17. The highest BCUT2D eigenvalue weighted by atomic mass is 16.5. The van der Waals surface area contributed by atoms with Crippen LogP contribution in [0.25, 0.3) is 0 Å². The number of ether oxygens (including phenoxy) is 2. The molecule has 0 aliphatic rings. The lowest BCUT2D eigenvalue weighted by molar-refractivity contribution is -0.123. The highest BCUT2D eigenvalue weighted by molar-refractivity contribution is 6.03. The minimum absolute atomic E-state index is 0.0535. The van der Waals surface area contributed by atoms with Crippen LogP contribution in [0.15, 0.2) is 30.9 Å². The first-order valence-electron chi connectivity index (χ1n) is 8.10. The van der Waals surface area contributed by atoms with Crippen molar-refractivity contribution in [3.05, 3.63) is 36.4 Å². The van der Waals surface area contributed by atoms with Gasteiger partial charge in [0.25, 0.3) is 5.91 Å². The third-order valence-corrected chi connectivity index (χ3v) is 3.24. The van der Waals surface area contributed by atoms with Crippen molar-refractivity contribution in [3.8, 4) is 0 Å². The van der Waals surface area contributed by atoms with Crippen LogP contribution >= 0.6 is 0 Å². The molecular weight excluding hydrogens is 308 g/mol. The van der Waals surface area contributed by atoms with Crippen molar-refractivity contribution in [2.75, 3.05) is 37.0 Å². The lowest BCUT2D eigenvalue weighted by Crippen LogP contribution is -2.36. The normalized spacial score (nSPS) is 10.2. The van der Waals surface area contributed by atoms with Crippen molar-refractivity contribution in [1.82, 2.24) is 0 Å². The molecule has 0 atom stereocenters. The van der Waals surface area contributed by atoms with E-state index in [4.69, 9.17) is 15.2 Å². The highest BCUT2D eigenvalue weighted by Gasteiger charge is 2.22. The maximum absolute atomic E-state index is 12.5. The summed E-state index contributed by atoms with van der Waals surface area (Å²) < 4.78 is 10.4. The molecule has 1 amide bonds. The Morgan fingerprint density at radius 3 is 2.71 bits per heavy atom. The Balaban J connectivity index is 3.15. The number of esters is 1. The molecule has 24 heavy (non-hydrogen) atoms. The third-order valence-electron chi connectivity index (χ3n) is 3.24. The van der Waals surface area contributed by atoms with E-state index in [9.17, 15) is 9.59 Å². The van der Waals surface area contributed by atoms with Crippen LogP contribution in [0.5, 0.6) is 0 Å². The van der Waals surface area contributed by atoms with Crippen molar-refractivity contribution < 1.29 is 19.1 Å². The lowest BCUT2D eigenvalue weighted by atomic mass is 10.1. The number of nitrogens with zero attached hydrogens (tertiary/aromatic N) is 1. The van der Waals surface area contributed by atoms with Crippen molar-refractivity contribution in [2.24, 2.45) is 0 Å². The number of hydrogen-bond donors (Lipinski definition) is 1. The van der Waals surface area contributed by atoms with Crippen LogP contribution in [0, 0.1) is 0 Å². The monoisotopic (exact) mass is 334 g/mol. The van der Waals surface area contributed by atoms with Gasteiger partial charge in [0.2, 0.25) is 0 Å². The number of hydrogen-bond acceptors (Lipinski definition) is 5. The summed E-state index contributed by atoms with van der Waals surface area (Å²) in [5.41, 5.74) is 7.05. The van der Waals surface area contributed by atoms with Crippen LogP contribution in [-0.2, 0) is 14.3 Å². The molecule has 1 aromatic carbocycles. The molecule has 0 spiro atoms. The second kappa shape index (κ2) is 10.4. The molecule has 0 aromatic heterocycles. The maximum atomic E-state index is 12.5. The summed E-state index contributed by atoms with van der Waals surface area (Å²) in [6.07, 6.45) is 3.12. The molecule has 0 heterocycles. The quantitative estimate of drug-likeness (QED) is 0.308. The van der Waals surface area contributed by atoms with Crippen LogP contribution in [0.2, 0.25) is 0 Å². The van der Waals surface area contributed by atoms with Gasteiger partial charge in [-0.25, -0.2) is 4.79 Å². The van der Waals surface area contributed by atoms with Gasteiger partial charge >= 0.3 is 5.97 Å². The predicted octanol–water partition coefficient (Wildman–Crippen LogP) is 2.78. The summed E-state index contributed by atoms with van der Waals surface area (Å²) >= 11 is 0. The van der Waals surface area contributed by atoms with Gasteiger partial charge in [0.1, 0.15) is 6.61 Å². The molecule has 1 aromatic rings. The molecule has 1 rings (SSSR count). The third kappa shape index (κ3) is 5.70. The van der Waals surface area contributed by atoms with E-state index in [-0.39, 0.29) is 19.1 Å². The number of carbonyl (C=O) groups is 2. The van der Waals surface area contributed by atoms with Crippen molar-refractivity contribution >= 4 is 23.3 Å². The van der Waals surface area contributed by atoms with E-state index in [2.05, 4.69) is 6.58 Å². The summed E-state index contributed by atoms with van der Waals surface area (Å²) in [5.74, 6) is -0.722. The first kappa shape index (κ1) is 19.7. The van der Waals surface area contributed by atoms with E-state index in [1.54, 1.807) is 31.2 Å². The first-order valence-corrected chi connectivity index (χ1v) is 8.10. The summed E-state index contributed by atoms with van der Waals surface area (Å²) in [6, 6.07) is 4.79. The zero-order valence-electron chi connectivity index (χ0n) is 14.4. The standard InChI is InChI=1S/C18H26N2O4/c1-4-7-10-20(17(21)13-23-11-5-2)16-12-14(19)8-9-15(16)18(22)24-6-3/h4,8-9,12H,1,5-7,10-11,13,19H2,2-3H3. The Hall–Kier alpha value is -2.34. The number of carbonyl (C=O) groups excluding carboxylic acids is 2. The van der Waals surface area contributed by atoms with Gasteiger partial charge in [0, 0.05) is 18.8 Å². The van der Waals surface area contributed by atoms with Gasteiger partial charge in [0.05, 0.1) is 17.9 Å². The fourth-order valence-corrected chi connectivity index (χ4v) is 2.14. The number of benzene rings is 1. The maximum Gasteiger partial charge on any atom is 0.340 e. The number of rotatable bonds is 10. The van der Waals surface area contributed by atoms with Gasteiger partial charge in [-0.15, -0.1) is 6.58 Å². The van der Waals surface area contributed by atoms with Crippen molar-refractivity contribution in [1.29, 1.82) is 0 Å². The summed E-state index contributed by atoms with van der Waals surface area (Å²) in [4.78, 5) is 26.2. The average Bonchev–Trinajstić information content (AvgIpc) is 2.55. The van der Waals surface area contributed by atoms with Gasteiger partial charge in [0.15, 0.2) is 0 Å². The van der Waals surface area contributed by atoms with Gasteiger partial charge in [-0.1, -0.05) is 13.0 Å². The Morgan fingerprint density at radius 2 is 2.08 bits per heavy atom. The summed E-state index contributed by atoms with van der Waals surface area (Å²) in [5, 5.41) is 0. The molecule has 0 fully saturated rings. The molecule has 0 bridgehead atoms. The van der Waals surface area contributed by atoms with E-state index >= 15 is 0 Å². The minimum Gasteiger partial charge on any atom is -0.462 e. The smallest absolute Gasteiger partial charge is 0.340 e. The van der Waals surface area contributed by atoms with E-state index in [0.29, 0.717) is 36.5 Å². The minimum atomic E-state index is -0.488. The summed E-state index contributed by atoms with van der Waals surface area (Å²) in [7, 11) is 0. The fourth-order valence-electron chi connectivity index (χ4n) is 2.14. The number of nitrogen functional groups attached to an aromatic ring is 1. The van der Waals surface area contributed by atoms with Crippen LogP contribution in [0.1, 0.15) is 37.0 Å². The van der Waals surface area contributed by atoms with Gasteiger partial charge < -0.3 is 20.1 Å². The largest absolute Gasteiger partial charge is 0.462 e. The first-order chi connectivity index (χ1) is 11.5. The summed E-state index contributed by atoms with van der Waals surface area (Å²) in [6.45, 7) is 8.46. The fraction of sp³-hybridized carbons (Fsp3) is 0.444. The molecule has 0 saturated carbocycles. The van der Waals surface area contributed by atoms with E-state index in [0.717, 1.165) is 6.42 Å². The Bertz CT molecular complexity index is 572. The van der Waals surface area contributed by atoms with E-state index in [1.165, 1.54) is 4.90 Å². The average molecular weight is 334 g/mol. The number of anilines is 2. The van der Waals surface area contributed by atoms with Gasteiger partial charge in [-0.3, -0.25) is 4.79 Å².